The van der Waals surface area contributed by atoms with Crippen LogP contribution in [0.15, 0.2) is 54.7 Å². The van der Waals surface area contributed by atoms with Crippen molar-refractivity contribution in [2.24, 2.45) is 0 Å². The number of nitrogen functional groups attached to an aromatic ring is 1. The molecule has 0 aliphatic rings. The monoisotopic (exact) mass is 264 g/mol. The molecule has 1 heterocycles. The van der Waals surface area contributed by atoms with Gasteiger partial charge in [0.15, 0.2) is 5.82 Å². The Labute approximate surface area is 117 Å². The molecule has 0 aliphatic heterocycles. The van der Waals surface area contributed by atoms with Gasteiger partial charge < -0.3 is 10.6 Å². The molecule has 3 rings (SSSR count). The van der Waals surface area contributed by atoms with E-state index in [0.717, 1.165) is 27.8 Å². The SMILES string of the molecule is CN(Cc1ccccc1N)c1nncc2ccccc12. The van der Waals surface area contributed by atoms with Gasteiger partial charge in [0.25, 0.3) is 0 Å². The predicted octanol–water partition coefficient (Wildman–Crippen LogP) is 2.85. The van der Waals surface area contributed by atoms with Crippen LogP contribution >= 0.6 is 0 Å². The lowest BCUT2D eigenvalue weighted by Crippen LogP contribution is -2.19. The molecule has 0 spiro atoms. The maximum atomic E-state index is 6.00. The summed E-state index contributed by atoms with van der Waals surface area (Å²) in [6, 6.07) is 16.0. The van der Waals surface area contributed by atoms with Crippen LogP contribution in [-0.4, -0.2) is 17.2 Å². The number of fused-ring (bicyclic) bond motifs is 1. The van der Waals surface area contributed by atoms with Crippen molar-refractivity contribution in [3.63, 3.8) is 0 Å². The quantitative estimate of drug-likeness (QED) is 0.739. The smallest absolute Gasteiger partial charge is 0.159 e. The number of rotatable bonds is 3. The first-order valence-electron chi connectivity index (χ1n) is 6.50. The molecular weight excluding hydrogens is 248 g/mol. The average Bonchev–Trinajstić information content (AvgIpc) is 2.49. The third kappa shape index (κ3) is 2.28. The lowest BCUT2D eigenvalue weighted by atomic mass is 10.1. The van der Waals surface area contributed by atoms with Gasteiger partial charge in [-0.25, -0.2) is 0 Å². The highest BCUT2D eigenvalue weighted by atomic mass is 15.2. The van der Waals surface area contributed by atoms with Crippen LogP contribution in [-0.2, 0) is 6.54 Å². The summed E-state index contributed by atoms with van der Waals surface area (Å²) < 4.78 is 0. The van der Waals surface area contributed by atoms with E-state index in [1.165, 1.54) is 0 Å². The summed E-state index contributed by atoms with van der Waals surface area (Å²) in [5.41, 5.74) is 7.88. The molecule has 0 saturated carbocycles. The maximum Gasteiger partial charge on any atom is 0.159 e. The van der Waals surface area contributed by atoms with E-state index in [9.17, 15) is 0 Å². The highest BCUT2D eigenvalue weighted by Crippen LogP contribution is 2.24. The van der Waals surface area contributed by atoms with E-state index in [1.807, 2.05) is 49.5 Å². The first kappa shape index (κ1) is 12.4. The Hall–Kier alpha value is -2.62. The van der Waals surface area contributed by atoms with Gasteiger partial charge in [0.2, 0.25) is 0 Å². The molecule has 100 valence electrons. The second-order valence-corrected chi connectivity index (χ2v) is 4.81. The van der Waals surface area contributed by atoms with Crippen molar-refractivity contribution in [3.05, 3.63) is 60.3 Å². The molecule has 2 aromatic carbocycles. The summed E-state index contributed by atoms with van der Waals surface area (Å²) in [5, 5.41) is 10.5. The Morgan fingerprint density at radius 3 is 2.65 bits per heavy atom. The minimum absolute atomic E-state index is 0.704. The number of hydrogen-bond donors (Lipinski definition) is 1. The summed E-state index contributed by atoms with van der Waals surface area (Å²) in [6.07, 6.45) is 1.78. The van der Waals surface area contributed by atoms with Gasteiger partial charge in [-0.15, -0.1) is 5.10 Å². The summed E-state index contributed by atoms with van der Waals surface area (Å²) >= 11 is 0. The Morgan fingerprint density at radius 1 is 1.05 bits per heavy atom. The average molecular weight is 264 g/mol. The molecular formula is C16H16N4. The van der Waals surface area contributed by atoms with Gasteiger partial charge >= 0.3 is 0 Å². The van der Waals surface area contributed by atoms with Crippen LogP contribution in [0.3, 0.4) is 0 Å². The number of nitrogens with two attached hydrogens (primary N) is 1. The van der Waals surface area contributed by atoms with E-state index in [1.54, 1.807) is 6.20 Å². The van der Waals surface area contributed by atoms with E-state index in [4.69, 9.17) is 5.73 Å². The van der Waals surface area contributed by atoms with Crippen molar-refractivity contribution in [3.8, 4) is 0 Å². The number of para-hydroxylation sites is 1. The molecule has 0 aliphatic carbocycles. The van der Waals surface area contributed by atoms with Crippen LogP contribution in [0.4, 0.5) is 11.5 Å². The van der Waals surface area contributed by atoms with Gasteiger partial charge in [-0.2, -0.15) is 5.10 Å². The molecule has 3 aromatic rings. The highest BCUT2D eigenvalue weighted by molar-refractivity contribution is 5.91. The molecule has 0 amide bonds. The Kier molecular flexibility index (Phi) is 3.21. The van der Waals surface area contributed by atoms with E-state index < -0.39 is 0 Å². The van der Waals surface area contributed by atoms with Gasteiger partial charge in [0.05, 0.1) is 6.20 Å². The van der Waals surface area contributed by atoms with Gasteiger partial charge in [0.1, 0.15) is 0 Å². The zero-order chi connectivity index (χ0) is 13.9. The maximum absolute atomic E-state index is 6.00. The van der Waals surface area contributed by atoms with Gasteiger partial charge in [-0.1, -0.05) is 42.5 Å². The second-order valence-electron chi connectivity index (χ2n) is 4.81. The van der Waals surface area contributed by atoms with Crippen molar-refractivity contribution in [1.29, 1.82) is 0 Å². The zero-order valence-electron chi connectivity index (χ0n) is 11.3. The third-order valence-corrected chi connectivity index (χ3v) is 3.38. The molecule has 0 fully saturated rings. The number of benzene rings is 2. The molecule has 0 atom stereocenters. The fraction of sp³-hybridized carbons (Fsp3) is 0.125. The van der Waals surface area contributed by atoms with Gasteiger partial charge in [0, 0.05) is 30.1 Å². The van der Waals surface area contributed by atoms with Crippen molar-refractivity contribution >= 4 is 22.3 Å². The van der Waals surface area contributed by atoms with E-state index in [-0.39, 0.29) is 0 Å². The highest BCUT2D eigenvalue weighted by Gasteiger charge is 2.10. The first-order chi connectivity index (χ1) is 9.75. The fourth-order valence-corrected chi connectivity index (χ4v) is 2.30. The van der Waals surface area contributed by atoms with Crippen LogP contribution in [0.25, 0.3) is 10.8 Å². The summed E-state index contributed by atoms with van der Waals surface area (Å²) in [7, 11) is 2.00. The standard InChI is InChI=1S/C16H16N4/c1-20(11-13-7-3-5-9-15(13)17)16-14-8-4-2-6-12(14)10-18-19-16/h2-10H,11,17H2,1H3. The van der Waals surface area contributed by atoms with Crippen molar-refractivity contribution in [2.45, 2.75) is 6.54 Å². The van der Waals surface area contributed by atoms with Gasteiger partial charge in [-0.05, 0) is 11.6 Å². The Balaban J connectivity index is 1.97. The Bertz CT molecular complexity index is 734. The zero-order valence-corrected chi connectivity index (χ0v) is 11.3. The minimum atomic E-state index is 0.704. The first-order valence-corrected chi connectivity index (χ1v) is 6.50. The van der Waals surface area contributed by atoms with Gasteiger partial charge in [-0.3, -0.25) is 0 Å². The number of nitrogens with zero attached hydrogens (tertiary/aromatic N) is 3. The van der Waals surface area contributed by atoms with Crippen molar-refractivity contribution < 1.29 is 0 Å². The normalized spacial score (nSPS) is 10.7. The summed E-state index contributed by atoms with van der Waals surface area (Å²) in [6.45, 7) is 0.704. The number of anilines is 2. The topological polar surface area (TPSA) is 55.0 Å². The molecule has 0 radical (unpaired) electrons. The lowest BCUT2D eigenvalue weighted by Gasteiger charge is -2.20. The minimum Gasteiger partial charge on any atom is -0.398 e. The van der Waals surface area contributed by atoms with Crippen LogP contribution in [0, 0.1) is 0 Å². The van der Waals surface area contributed by atoms with E-state index >= 15 is 0 Å². The van der Waals surface area contributed by atoms with Crippen LogP contribution < -0.4 is 10.6 Å². The molecule has 2 N–H and O–H groups in total. The summed E-state index contributed by atoms with van der Waals surface area (Å²) in [4.78, 5) is 2.07. The number of aromatic nitrogens is 2. The van der Waals surface area contributed by atoms with Crippen LogP contribution in [0.1, 0.15) is 5.56 Å². The largest absolute Gasteiger partial charge is 0.398 e. The molecule has 1 aromatic heterocycles. The molecule has 0 bridgehead atoms. The lowest BCUT2D eigenvalue weighted by molar-refractivity contribution is 0.878. The Morgan fingerprint density at radius 2 is 1.80 bits per heavy atom. The van der Waals surface area contributed by atoms with E-state index in [2.05, 4.69) is 21.2 Å². The predicted molar refractivity (Wildman–Crippen MR) is 82.5 cm³/mol. The van der Waals surface area contributed by atoms with Crippen LogP contribution in [0.5, 0.6) is 0 Å². The molecule has 20 heavy (non-hydrogen) atoms. The van der Waals surface area contributed by atoms with Crippen LogP contribution in [0.2, 0.25) is 0 Å². The molecule has 0 unspecified atom stereocenters. The van der Waals surface area contributed by atoms with E-state index in [0.29, 0.717) is 6.54 Å². The summed E-state index contributed by atoms with van der Waals surface area (Å²) in [5.74, 6) is 0.867. The van der Waals surface area contributed by atoms with Crippen molar-refractivity contribution in [2.75, 3.05) is 17.7 Å². The number of hydrogen-bond acceptors (Lipinski definition) is 4. The second kappa shape index (κ2) is 5.17. The third-order valence-electron chi connectivity index (χ3n) is 3.38. The molecule has 4 nitrogen and oxygen atoms in total. The van der Waals surface area contributed by atoms with Crippen molar-refractivity contribution in [1.82, 2.24) is 10.2 Å². The molecule has 0 saturated heterocycles. The fourth-order valence-electron chi connectivity index (χ4n) is 2.30. The molecule has 4 heteroatoms.